The second-order valence-electron chi connectivity index (χ2n) is 4.77. The minimum Gasteiger partial charge on any atom is -0.0802 e. The highest BCUT2D eigenvalue weighted by molar-refractivity contribution is 5.41. The molecule has 0 nitrogen and oxygen atoms in total. The summed E-state index contributed by atoms with van der Waals surface area (Å²) < 4.78 is 0. The molecule has 0 spiro atoms. The minimum atomic E-state index is 0.919. The predicted octanol–water partition coefficient (Wildman–Crippen LogP) is 3.31. The van der Waals surface area contributed by atoms with Gasteiger partial charge in [-0.2, -0.15) is 0 Å². The Labute approximate surface area is 74.4 Å². The highest BCUT2D eigenvalue weighted by Gasteiger charge is 2.38. The van der Waals surface area contributed by atoms with Crippen LogP contribution in [0.15, 0.2) is 23.3 Å². The number of rotatable bonds is 0. The minimum absolute atomic E-state index is 0.919. The number of fused-ring (bicyclic) bond motifs is 4. The van der Waals surface area contributed by atoms with Crippen molar-refractivity contribution in [3.8, 4) is 0 Å². The number of hydrogen-bond donors (Lipinski definition) is 0. The highest BCUT2D eigenvalue weighted by atomic mass is 14.4. The molecule has 1 fully saturated rings. The van der Waals surface area contributed by atoms with Crippen LogP contribution in [0.3, 0.4) is 0 Å². The summed E-state index contributed by atoms with van der Waals surface area (Å²) in [5.74, 6) is 2.85. The summed E-state index contributed by atoms with van der Waals surface area (Å²) in [6, 6.07) is 0. The van der Waals surface area contributed by atoms with E-state index in [1.807, 2.05) is 5.57 Å². The molecule has 3 atom stereocenters. The van der Waals surface area contributed by atoms with E-state index in [-0.39, 0.29) is 0 Å². The molecule has 0 amide bonds. The molecule has 12 heavy (non-hydrogen) atoms. The third kappa shape index (κ3) is 0.784. The van der Waals surface area contributed by atoms with E-state index >= 15 is 0 Å². The third-order valence-corrected chi connectivity index (χ3v) is 3.92. The van der Waals surface area contributed by atoms with Crippen molar-refractivity contribution in [2.75, 3.05) is 0 Å². The zero-order chi connectivity index (χ0) is 8.13. The van der Waals surface area contributed by atoms with E-state index in [1.165, 1.54) is 25.7 Å². The van der Waals surface area contributed by atoms with Gasteiger partial charge < -0.3 is 0 Å². The monoisotopic (exact) mass is 160 g/mol. The van der Waals surface area contributed by atoms with Gasteiger partial charge in [0.05, 0.1) is 0 Å². The van der Waals surface area contributed by atoms with Crippen molar-refractivity contribution in [3.05, 3.63) is 23.3 Å². The third-order valence-electron chi connectivity index (χ3n) is 3.92. The Morgan fingerprint density at radius 3 is 3.08 bits per heavy atom. The van der Waals surface area contributed by atoms with Crippen molar-refractivity contribution >= 4 is 0 Å². The average molecular weight is 160 g/mol. The summed E-state index contributed by atoms with van der Waals surface area (Å²) in [6.07, 6.45) is 10.5. The molecule has 3 aliphatic carbocycles. The van der Waals surface area contributed by atoms with Crippen molar-refractivity contribution in [1.29, 1.82) is 0 Å². The Bertz CT molecular complexity index is 270. The molecule has 0 aliphatic heterocycles. The summed E-state index contributed by atoms with van der Waals surface area (Å²) in [7, 11) is 0. The van der Waals surface area contributed by atoms with Crippen LogP contribution in [0.4, 0.5) is 0 Å². The molecule has 0 aromatic heterocycles. The second kappa shape index (κ2) is 2.25. The molecule has 3 rings (SSSR count). The van der Waals surface area contributed by atoms with Gasteiger partial charge in [0.2, 0.25) is 0 Å². The molecule has 0 heterocycles. The SMILES string of the molecule is CC1CCC2C(=C3C=CC2C3)C1. The van der Waals surface area contributed by atoms with Crippen molar-refractivity contribution in [2.45, 2.75) is 32.6 Å². The van der Waals surface area contributed by atoms with Crippen LogP contribution in [0.5, 0.6) is 0 Å². The second-order valence-corrected chi connectivity index (χ2v) is 4.77. The van der Waals surface area contributed by atoms with Crippen LogP contribution in [0.1, 0.15) is 32.6 Å². The van der Waals surface area contributed by atoms with Crippen LogP contribution < -0.4 is 0 Å². The van der Waals surface area contributed by atoms with E-state index in [0.29, 0.717) is 0 Å². The van der Waals surface area contributed by atoms with E-state index in [4.69, 9.17) is 0 Å². The first-order valence-corrected chi connectivity index (χ1v) is 5.24. The van der Waals surface area contributed by atoms with Gasteiger partial charge >= 0.3 is 0 Å². The standard InChI is InChI=1S/C12H16/c1-8-2-5-11-9-3-4-10(7-9)12(11)6-8/h3-4,8-9,11H,2,5-7H2,1H3. The van der Waals surface area contributed by atoms with Gasteiger partial charge in [-0.25, -0.2) is 0 Å². The molecule has 64 valence electrons. The van der Waals surface area contributed by atoms with Gasteiger partial charge in [-0.1, -0.05) is 24.6 Å². The summed E-state index contributed by atoms with van der Waals surface area (Å²) >= 11 is 0. The fraction of sp³-hybridized carbons (Fsp3) is 0.667. The molecule has 3 unspecified atom stereocenters. The lowest BCUT2D eigenvalue weighted by molar-refractivity contribution is 0.336. The van der Waals surface area contributed by atoms with Gasteiger partial charge in [0.1, 0.15) is 0 Å². The van der Waals surface area contributed by atoms with Gasteiger partial charge in [0.15, 0.2) is 0 Å². The molecule has 0 radical (unpaired) electrons. The zero-order valence-corrected chi connectivity index (χ0v) is 7.72. The van der Waals surface area contributed by atoms with E-state index in [1.54, 1.807) is 5.57 Å². The number of hydrogen-bond acceptors (Lipinski definition) is 0. The maximum Gasteiger partial charge on any atom is -0.0124 e. The maximum absolute atomic E-state index is 2.44. The summed E-state index contributed by atoms with van der Waals surface area (Å²) in [4.78, 5) is 0. The smallest absolute Gasteiger partial charge is 0.0124 e. The molecule has 0 aromatic carbocycles. The largest absolute Gasteiger partial charge is 0.0802 e. The van der Waals surface area contributed by atoms with Crippen LogP contribution in [0, 0.1) is 17.8 Å². The van der Waals surface area contributed by atoms with Crippen LogP contribution in [0.2, 0.25) is 0 Å². The molecular weight excluding hydrogens is 144 g/mol. The Balaban J connectivity index is 1.98. The lowest BCUT2D eigenvalue weighted by Crippen LogP contribution is -2.18. The Hall–Kier alpha value is -0.520. The van der Waals surface area contributed by atoms with Crippen LogP contribution in [0.25, 0.3) is 0 Å². The van der Waals surface area contributed by atoms with Crippen LogP contribution in [-0.2, 0) is 0 Å². The van der Waals surface area contributed by atoms with E-state index < -0.39 is 0 Å². The summed E-state index contributed by atoms with van der Waals surface area (Å²) in [5.41, 5.74) is 3.54. The zero-order valence-electron chi connectivity index (χ0n) is 7.72. The lowest BCUT2D eigenvalue weighted by Gasteiger charge is -2.30. The normalized spacial score (nSPS) is 43.9. The predicted molar refractivity (Wildman–Crippen MR) is 50.8 cm³/mol. The Kier molecular flexibility index (Phi) is 1.30. The number of allylic oxidation sites excluding steroid dienone is 4. The fourth-order valence-corrected chi connectivity index (χ4v) is 3.25. The van der Waals surface area contributed by atoms with E-state index in [9.17, 15) is 0 Å². The van der Waals surface area contributed by atoms with Crippen LogP contribution >= 0.6 is 0 Å². The topological polar surface area (TPSA) is 0 Å². The van der Waals surface area contributed by atoms with Crippen LogP contribution in [-0.4, -0.2) is 0 Å². The summed E-state index contributed by atoms with van der Waals surface area (Å²) in [5, 5.41) is 0. The molecular formula is C12H16. The van der Waals surface area contributed by atoms with Crippen molar-refractivity contribution in [1.82, 2.24) is 0 Å². The van der Waals surface area contributed by atoms with Gasteiger partial charge in [-0.15, -0.1) is 0 Å². The van der Waals surface area contributed by atoms with Crippen molar-refractivity contribution in [3.63, 3.8) is 0 Å². The first-order chi connectivity index (χ1) is 5.84. The van der Waals surface area contributed by atoms with E-state index in [2.05, 4.69) is 19.1 Å². The lowest BCUT2D eigenvalue weighted by atomic mass is 9.75. The van der Waals surface area contributed by atoms with Crippen molar-refractivity contribution in [2.24, 2.45) is 17.8 Å². The van der Waals surface area contributed by atoms with E-state index in [0.717, 1.165) is 17.8 Å². The molecule has 0 aromatic rings. The molecule has 2 bridgehead atoms. The molecule has 0 N–H and O–H groups in total. The van der Waals surface area contributed by atoms with Crippen molar-refractivity contribution < 1.29 is 0 Å². The quantitative estimate of drug-likeness (QED) is 0.510. The molecule has 0 heteroatoms. The first-order valence-electron chi connectivity index (χ1n) is 5.24. The van der Waals surface area contributed by atoms with Gasteiger partial charge in [-0.05, 0) is 49.0 Å². The van der Waals surface area contributed by atoms with Gasteiger partial charge in [0, 0.05) is 0 Å². The first kappa shape index (κ1) is 6.94. The summed E-state index contributed by atoms with van der Waals surface area (Å²) in [6.45, 7) is 2.40. The molecule has 0 saturated heterocycles. The highest BCUT2D eigenvalue weighted by Crippen LogP contribution is 2.51. The maximum atomic E-state index is 2.44. The van der Waals surface area contributed by atoms with Gasteiger partial charge in [0.25, 0.3) is 0 Å². The fourth-order valence-electron chi connectivity index (χ4n) is 3.25. The molecule has 1 saturated carbocycles. The van der Waals surface area contributed by atoms with Gasteiger partial charge in [-0.3, -0.25) is 0 Å². The Morgan fingerprint density at radius 2 is 2.17 bits per heavy atom. The average Bonchev–Trinajstić information content (AvgIpc) is 2.63. The Morgan fingerprint density at radius 1 is 1.25 bits per heavy atom. The molecule has 3 aliphatic rings.